The predicted molar refractivity (Wildman–Crippen MR) is 77.9 cm³/mol. The second-order valence-corrected chi connectivity index (χ2v) is 4.57. The van der Waals surface area contributed by atoms with Gasteiger partial charge in [-0.15, -0.1) is 0 Å². The summed E-state index contributed by atoms with van der Waals surface area (Å²) in [6.07, 6.45) is 3.42. The van der Waals surface area contributed by atoms with Crippen molar-refractivity contribution in [3.05, 3.63) is 65.7 Å². The Labute approximate surface area is 121 Å². The molecule has 100 valence electrons. The van der Waals surface area contributed by atoms with Crippen molar-refractivity contribution in [3.8, 4) is 5.69 Å². The van der Waals surface area contributed by atoms with Crippen LogP contribution in [0.3, 0.4) is 0 Å². The minimum absolute atomic E-state index is 0.477. The number of para-hydroxylation sites is 1. The molecule has 0 unspecified atom stereocenters. The fourth-order valence-corrected chi connectivity index (χ4v) is 1.85. The number of pyridine rings is 1. The average Bonchev–Trinajstić information content (AvgIpc) is 2.97. The Kier molecular flexibility index (Phi) is 3.60. The van der Waals surface area contributed by atoms with Crippen LogP contribution in [0, 0.1) is 0 Å². The SMILES string of the molecule is Clc1ccc(NCc2cnn(-c3ccccc3)n2)cn1. The van der Waals surface area contributed by atoms with Crippen molar-refractivity contribution >= 4 is 17.3 Å². The van der Waals surface area contributed by atoms with Crippen LogP contribution in [0.15, 0.2) is 54.9 Å². The van der Waals surface area contributed by atoms with E-state index >= 15 is 0 Å². The van der Waals surface area contributed by atoms with Crippen LogP contribution in [0.5, 0.6) is 0 Å². The Balaban J connectivity index is 1.67. The number of aromatic nitrogens is 4. The molecule has 0 atom stereocenters. The Morgan fingerprint density at radius 1 is 1.05 bits per heavy atom. The first kappa shape index (κ1) is 12.6. The lowest BCUT2D eigenvalue weighted by atomic mass is 10.3. The van der Waals surface area contributed by atoms with E-state index in [4.69, 9.17) is 11.6 Å². The van der Waals surface area contributed by atoms with Gasteiger partial charge in [0.25, 0.3) is 0 Å². The van der Waals surface area contributed by atoms with Crippen LogP contribution in [-0.4, -0.2) is 20.0 Å². The molecule has 0 aliphatic rings. The molecule has 0 fully saturated rings. The molecule has 3 aromatic rings. The zero-order valence-corrected chi connectivity index (χ0v) is 11.3. The molecule has 0 saturated carbocycles. The lowest BCUT2D eigenvalue weighted by Gasteiger charge is -2.03. The van der Waals surface area contributed by atoms with E-state index in [-0.39, 0.29) is 0 Å². The van der Waals surface area contributed by atoms with Crippen molar-refractivity contribution in [1.29, 1.82) is 0 Å². The van der Waals surface area contributed by atoms with E-state index in [1.807, 2.05) is 36.4 Å². The number of benzene rings is 1. The van der Waals surface area contributed by atoms with Crippen molar-refractivity contribution in [3.63, 3.8) is 0 Å². The highest BCUT2D eigenvalue weighted by molar-refractivity contribution is 6.29. The molecule has 5 nitrogen and oxygen atoms in total. The maximum atomic E-state index is 5.74. The Bertz CT molecular complexity index is 678. The Hall–Kier alpha value is -2.40. The maximum Gasteiger partial charge on any atom is 0.129 e. The molecule has 3 rings (SSSR count). The summed E-state index contributed by atoms with van der Waals surface area (Å²) in [7, 11) is 0. The van der Waals surface area contributed by atoms with Gasteiger partial charge < -0.3 is 5.32 Å². The van der Waals surface area contributed by atoms with Gasteiger partial charge in [-0.2, -0.15) is 15.0 Å². The number of nitrogens with one attached hydrogen (secondary N) is 1. The van der Waals surface area contributed by atoms with Gasteiger partial charge in [-0.3, -0.25) is 0 Å². The Morgan fingerprint density at radius 3 is 2.65 bits per heavy atom. The summed E-state index contributed by atoms with van der Waals surface area (Å²) in [5.74, 6) is 0. The maximum absolute atomic E-state index is 5.74. The lowest BCUT2D eigenvalue weighted by molar-refractivity contribution is 0.740. The first-order chi connectivity index (χ1) is 9.81. The van der Waals surface area contributed by atoms with E-state index in [1.54, 1.807) is 23.3 Å². The van der Waals surface area contributed by atoms with E-state index in [2.05, 4.69) is 20.5 Å². The first-order valence-electron chi connectivity index (χ1n) is 6.13. The fourth-order valence-electron chi connectivity index (χ4n) is 1.73. The zero-order chi connectivity index (χ0) is 13.8. The molecule has 2 aromatic heterocycles. The van der Waals surface area contributed by atoms with E-state index in [0.29, 0.717) is 11.7 Å². The molecule has 1 N–H and O–H groups in total. The highest BCUT2D eigenvalue weighted by Gasteiger charge is 2.02. The van der Waals surface area contributed by atoms with Gasteiger partial charge in [-0.25, -0.2) is 4.98 Å². The number of nitrogens with zero attached hydrogens (tertiary/aromatic N) is 4. The van der Waals surface area contributed by atoms with E-state index < -0.39 is 0 Å². The summed E-state index contributed by atoms with van der Waals surface area (Å²) in [5.41, 5.74) is 2.68. The smallest absolute Gasteiger partial charge is 0.129 e. The monoisotopic (exact) mass is 285 g/mol. The van der Waals surface area contributed by atoms with Crippen LogP contribution in [-0.2, 0) is 6.54 Å². The number of halogens is 1. The third kappa shape index (κ3) is 2.95. The average molecular weight is 286 g/mol. The third-order valence-corrected chi connectivity index (χ3v) is 2.95. The molecular formula is C14H12ClN5. The van der Waals surface area contributed by atoms with E-state index in [9.17, 15) is 0 Å². The third-order valence-electron chi connectivity index (χ3n) is 2.73. The van der Waals surface area contributed by atoms with Gasteiger partial charge in [-0.05, 0) is 24.3 Å². The summed E-state index contributed by atoms with van der Waals surface area (Å²) >= 11 is 5.74. The summed E-state index contributed by atoms with van der Waals surface area (Å²) < 4.78 is 0. The molecule has 0 spiro atoms. The van der Waals surface area contributed by atoms with Crippen molar-refractivity contribution < 1.29 is 0 Å². The topological polar surface area (TPSA) is 55.6 Å². The van der Waals surface area contributed by atoms with Crippen LogP contribution in [0.25, 0.3) is 5.69 Å². The second kappa shape index (κ2) is 5.71. The summed E-state index contributed by atoms with van der Waals surface area (Å²) in [6, 6.07) is 13.4. The molecular weight excluding hydrogens is 274 g/mol. The van der Waals surface area contributed by atoms with Crippen LogP contribution in [0.4, 0.5) is 5.69 Å². The molecule has 0 saturated heterocycles. The van der Waals surface area contributed by atoms with Gasteiger partial charge in [0, 0.05) is 0 Å². The summed E-state index contributed by atoms with van der Waals surface area (Å²) in [6.45, 7) is 0.580. The molecule has 1 aromatic carbocycles. The fraction of sp³-hybridized carbons (Fsp3) is 0.0714. The van der Waals surface area contributed by atoms with Gasteiger partial charge in [0.15, 0.2) is 0 Å². The number of rotatable bonds is 4. The zero-order valence-electron chi connectivity index (χ0n) is 10.6. The predicted octanol–water partition coefficient (Wildman–Crippen LogP) is 2.93. The van der Waals surface area contributed by atoms with Crippen molar-refractivity contribution in [2.24, 2.45) is 0 Å². The van der Waals surface area contributed by atoms with Gasteiger partial charge in [-0.1, -0.05) is 29.8 Å². The Morgan fingerprint density at radius 2 is 1.90 bits per heavy atom. The summed E-state index contributed by atoms with van der Waals surface area (Å²) in [4.78, 5) is 5.61. The molecule has 6 heteroatoms. The molecule has 0 aliphatic carbocycles. The van der Waals surface area contributed by atoms with Crippen LogP contribution < -0.4 is 5.32 Å². The van der Waals surface area contributed by atoms with E-state index in [1.165, 1.54) is 0 Å². The minimum atomic E-state index is 0.477. The van der Waals surface area contributed by atoms with Crippen LogP contribution >= 0.6 is 11.6 Å². The van der Waals surface area contributed by atoms with Crippen molar-refractivity contribution in [1.82, 2.24) is 20.0 Å². The normalized spacial score (nSPS) is 10.4. The van der Waals surface area contributed by atoms with Crippen molar-refractivity contribution in [2.45, 2.75) is 6.54 Å². The summed E-state index contributed by atoms with van der Waals surface area (Å²) in [5, 5.41) is 12.3. The van der Waals surface area contributed by atoms with Gasteiger partial charge in [0.05, 0.1) is 30.3 Å². The lowest BCUT2D eigenvalue weighted by Crippen LogP contribution is -2.02. The number of anilines is 1. The molecule has 0 radical (unpaired) electrons. The van der Waals surface area contributed by atoms with Crippen molar-refractivity contribution in [2.75, 3.05) is 5.32 Å². The standard InChI is InChI=1S/C14H12ClN5/c15-14-7-6-11(8-17-14)16-9-12-10-18-20(19-12)13-4-2-1-3-5-13/h1-8,10,16H,9H2. The largest absolute Gasteiger partial charge is 0.378 e. The van der Waals surface area contributed by atoms with Gasteiger partial charge in [0.2, 0.25) is 0 Å². The first-order valence-corrected chi connectivity index (χ1v) is 6.51. The molecule has 0 bridgehead atoms. The number of hydrogen-bond acceptors (Lipinski definition) is 4. The molecule has 0 amide bonds. The molecule has 2 heterocycles. The van der Waals surface area contributed by atoms with E-state index in [0.717, 1.165) is 17.1 Å². The minimum Gasteiger partial charge on any atom is -0.378 e. The van der Waals surface area contributed by atoms with Gasteiger partial charge in [0.1, 0.15) is 10.8 Å². The quantitative estimate of drug-likeness (QED) is 0.749. The molecule has 20 heavy (non-hydrogen) atoms. The van der Waals surface area contributed by atoms with Crippen LogP contribution in [0.2, 0.25) is 5.15 Å². The van der Waals surface area contributed by atoms with Gasteiger partial charge >= 0.3 is 0 Å². The highest BCUT2D eigenvalue weighted by Crippen LogP contribution is 2.11. The number of hydrogen-bond donors (Lipinski definition) is 1. The van der Waals surface area contributed by atoms with Crippen LogP contribution in [0.1, 0.15) is 5.69 Å². The molecule has 0 aliphatic heterocycles. The second-order valence-electron chi connectivity index (χ2n) is 4.18. The highest BCUT2D eigenvalue weighted by atomic mass is 35.5.